The third-order valence-corrected chi connectivity index (χ3v) is 4.21. The quantitative estimate of drug-likeness (QED) is 0.321. The molecule has 0 radical (unpaired) electrons. The van der Waals surface area contributed by atoms with Crippen molar-refractivity contribution >= 4 is 27.5 Å². The number of hydrogen-bond acceptors (Lipinski definition) is 4. The van der Waals surface area contributed by atoms with Gasteiger partial charge in [0.15, 0.2) is 5.84 Å². The molecule has 0 aliphatic heterocycles. The number of rotatable bonds is 6. The highest BCUT2D eigenvalue weighted by Crippen LogP contribution is 2.14. The fourth-order valence-electron chi connectivity index (χ4n) is 1.49. The Morgan fingerprint density at radius 3 is 2.53 bits per heavy atom. The highest BCUT2D eigenvalue weighted by atomic mass is 35.5. The first-order valence-electron chi connectivity index (χ1n) is 5.66. The van der Waals surface area contributed by atoms with Gasteiger partial charge in [-0.3, -0.25) is 0 Å². The van der Waals surface area contributed by atoms with Crippen LogP contribution in [-0.2, 0) is 10.0 Å². The third kappa shape index (κ3) is 4.38. The molecule has 1 unspecified atom stereocenters. The van der Waals surface area contributed by atoms with Crippen molar-refractivity contribution in [3.63, 3.8) is 0 Å². The summed E-state index contributed by atoms with van der Waals surface area (Å²) >= 11 is 5.70. The number of sulfonamides is 1. The molecule has 0 amide bonds. The molecule has 1 aromatic carbocycles. The molecule has 0 saturated heterocycles. The van der Waals surface area contributed by atoms with Crippen molar-refractivity contribution in [3.05, 3.63) is 29.3 Å². The van der Waals surface area contributed by atoms with Crippen LogP contribution in [0.25, 0.3) is 0 Å². The van der Waals surface area contributed by atoms with Gasteiger partial charge in [-0.15, -0.1) is 0 Å². The Morgan fingerprint density at radius 1 is 1.47 bits per heavy atom. The van der Waals surface area contributed by atoms with Crippen molar-refractivity contribution < 1.29 is 13.6 Å². The maximum absolute atomic E-state index is 12.1. The number of nitrogens with one attached hydrogen (secondary N) is 1. The summed E-state index contributed by atoms with van der Waals surface area (Å²) in [5.74, 6) is -0.167. The lowest BCUT2D eigenvalue weighted by molar-refractivity contribution is 0.315. The highest BCUT2D eigenvalue weighted by Gasteiger charge is 2.22. The summed E-state index contributed by atoms with van der Waals surface area (Å²) in [6.07, 6.45) is 1.12. The molecule has 0 fully saturated rings. The van der Waals surface area contributed by atoms with E-state index >= 15 is 0 Å². The Bertz CT molecular complexity index is 543. The summed E-state index contributed by atoms with van der Waals surface area (Å²) in [5, 5.41) is 11.9. The lowest BCUT2D eigenvalue weighted by Gasteiger charge is -2.16. The van der Waals surface area contributed by atoms with Crippen molar-refractivity contribution in [1.29, 1.82) is 0 Å². The van der Waals surface area contributed by atoms with Gasteiger partial charge < -0.3 is 10.9 Å². The van der Waals surface area contributed by atoms with Gasteiger partial charge >= 0.3 is 0 Å². The van der Waals surface area contributed by atoms with E-state index in [0.717, 1.165) is 0 Å². The molecule has 0 spiro atoms. The van der Waals surface area contributed by atoms with Gasteiger partial charge in [-0.05, 0) is 30.7 Å². The van der Waals surface area contributed by atoms with Crippen LogP contribution in [0.15, 0.2) is 34.3 Å². The molecular weight excluding hydrogens is 290 g/mol. The van der Waals surface area contributed by atoms with E-state index in [9.17, 15) is 8.42 Å². The first-order valence-corrected chi connectivity index (χ1v) is 7.52. The van der Waals surface area contributed by atoms with Crippen LogP contribution < -0.4 is 10.5 Å². The monoisotopic (exact) mass is 305 g/mol. The van der Waals surface area contributed by atoms with Gasteiger partial charge in [-0.1, -0.05) is 30.1 Å². The van der Waals surface area contributed by atoms with Gasteiger partial charge in [0.2, 0.25) is 10.0 Å². The molecule has 6 nitrogen and oxygen atoms in total. The Morgan fingerprint density at radius 2 is 2.05 bits per heavy atom. The molecule has 1 aromatic rings. The SMILES string of the molecule is CCCC(NS(=O)(=O)c1ccc(Cl)cc1)/C(N)=N/O. The average Bonchev–Trinajstić information content (AvgIpc) is 2.37. The smallest absolute Gasteiger partial charge is 0.241 e. The molecule has 0 aliphatic rings. The molecule has 19 heavy (non-hydrogen) atoms. The average molecular weight is 306 g/mol. The van der Waals surface area contributed by atoms with E-state index < -0.39 is 16.1 Å². The van der Waals surface area contributed by atoms with Crippen LogP contribution in [0.4, 0.5) is 0 Å². The summed E-state index contributed by atoms with van der Waals surface area (Å²) < 4.78 is 26.6. The Balaban J connectivity index is 2.97. The van der Waals surface area contributed by atoms with Crippen molar-refractivity contribution in [2.24, 2.45) is 10.9 Å². The van der Waals surface area contributed by atoms with Crippen molar-refractivity contribution in [1.82, 2.24) is 4.72 Å². The van der Waals surface area contributed by atoms with Gasteiger partial charge in [0.1, 0.15) is 0 Å². The van der Waals surface area contributed by atoms with E-state index in [1.807, 2.05) is 6.92 Å². The van der Waals surface area contributed by atoms with E-state index in [1.54, 1.807) is 0 Å². The van der Waals surface area contributed by atoms with Crippen LogP contribution in [0.3, 0.4) is 0 Å². The van der Waals surface area contributed by atoms with Gasteiger partial charge in [-0.25, -0.2) is 13.1 Å². The second kappa shape index (κ2) is 6.74. The van der Waals surface area contributed by atoms with Crippen LogP contribution in [0.5, 0.6) is 0 Å². The van der Waals surface area contributed by atoms with Crippen LogP contribution >= 0.6 is 11.6 Å². The number of benzene rings is 1. The number of nitrogens with zero attached hydrogens (tertiary/aromatic N) is 1. The summed E-state index contributed by atoms with van der Waals surface area (Å²) in [5.41, 5.74) is 5.46. The lowest BCUT2D eigenvalue weighted by atomic mass is 10.2. The maximum atomic E-state index is 12.1. The molecule has 0 bridgehead atoms. The molecule has 1 rings (SSSR count). The predicted molar refractivity (Wildman–Crippen MR) is 73.9 cm³/mol. The fraction of sp³-hybridized carbons (Fsp3) is 0.364. The summed E-state index contributed by atoms with van der Waals surface area (Å²) in [6, 6.07) is 5.00. The summed E-state index contributed by atoms with van der Waals surface area (Å²) in [6.45, 7) is 1.87. The normalized spacial score (nSPS) is 14.3. The number of hydrogen-bond donors (Lipinski definition) is 3. The standard InChI is InChI=1S/C11H16ClN3O3S/c1-2-3-10(11(13)14-16)15-19(17,18)9-6-4-8(12)5-7-9/h4-7,10,15-16H,2-3H2,1H3,(H2,13,14). The number of nitrogens with two attached hydrogens (primary N) is 1. The van der Waals surface area contributed by atoms with Gasteiger partial charge in [0.25, 0.3) is 0 Å². The van der Waals surface area contributed by atoms with Crippen LogP contribution in [0.1, 0.15) is 19.8 Å². The molecule has 0 aromatic heterocycles. The first kappa shape index (κ1) is 15.7. The number of halogens is 1. The third-order valence-electron chi connectivity index (χ3n) is 2.47. The highest BCUT2D eigenvalue weighted by molar-refractivity contribution is 7.89. The van der Waals surface area contributed by atoms with Crippen LogP contribution in [0.2, 0.25) is 5.02 Å². The largest absolute Gasteiger partial charge is 0.409 e. The van der Waals surface area contributed by atoms with Crippen LogP contribution in [0, 0.1) is 0 Å². The second-order valence-electron chi connectivity index (χ2n) is 3.94. The van der Waals surface area contributed by atoms with E-state index in [2.05, 4.69) is 9.88 Å². The molecule has 4 N–H and O–H groups in total. The van der Waals surface area contributed by atoms with E-state index in [1.165, 1.54) is 24.3 Å². The van der Waals surface area contributed by atoms with Gasteiger partial charge in [0, 0.05) is 5.02 Å². The zero-order valence-electron chi connectivity index (χ0n) is 10.4. The fourth-order valence-corrected chi connectivity index (χ4v) is 2.86. The Labute approximate surface area is 117 Å². The van der Waals surface area contributed by atoms with Crippen molar-refractivity contribution in [2.75, 3.05) is 0 Å². The van der Waals surface area contributed by atoms with Crippen molar-refractivity contribution in [3.8, 4) is 0 Å². The van der Waals surface area contributed by atoms with E-state index in [0.29, 0.717) is 17.9 Å². The maximum Gasteiger partial charge on any atom is 0.241 e. The molecule has 106 valence electrons. The Hall–Kier alpha value is -1.31. The predicted octanol–water partition coefficient (Wildman–Crippen LogP) is 1.53. The molecule has 0 aliphatic carbocycles. The minimum absolute atomic E-state index is 0.0729. The number of oxime groups is 1. The van der Waals surface area contributed by atoms with Gasteiger partial charge in [0.05, 0.1) is 10.9 Å². The topological polar surface area (TPSA) is 105 Å². The van der Waals surface area contributed by atoms with Gasteiger partial charge in [-0.2, -0.15) is 0 Å². The first-order chi connectivity index (χ1) is 8.90. The van der Waals surface area contributed by atoms with Crippen LogP contribution in [-0.4, -0.2) is 25.5 Å². The summed E-state index contributed by atoms with van der Waals surface area (Å²) in [4.78, 5) is 0.0729. The van der Waals surface area contributed by atoms with E-state index in [4.69, 9.17) is 22.5 Å². The molecule has 0 saturated carbocycles. The summed E-state index contributed by atoms with van der Waals surface area (Å²) in [7, 11) is -3.73. The zero-order chi connectivity index (χ0) is 14.5. The number of amidine groups is 1. The second-order valence-corrected chi connectivity index (χ2v) is 6.09. The molecule has 0 heterocycles. The lowest BCUT2D eigenvalue weighted by Crippen LogP contribution is -2.44. The molecule has 8 heteroatoms. The molecular formula is C11H16ClN3O3S. The van der Waals surface area contributed by atoms with E-state index in [-0.39, 0.29) is 10.7 Å². The molecule has 1 atom stereocenters. The minimum Gasteiger partial charge on any atom is -0.409 e. The Kier molecular flexibility index (Phi) is 5.59. The van der Waals surface area contributed by atoms with Crippen molar-refractivity contribution in [2.45, 2.75) is 30.7 Å². The zero-order valence-corrected chi connectivity index (χ0v) is 11.9. The minimum atomic E-state index is -3.73.